The maximum absolute atomic E-state index is 13.8. The zero-order valence-electron chi connectivity index (χ0n) is 11.8. The molecule has 0 radical (unpaired) electrons. The van der Waals surface area contributed by atoms with Crippen LogP contribution in [0.1, 0.15) is 20.3 Å². The smallest absolute Gasteiger partial charge is 0.167 e. The van der Waals surface area contributed by atoms with Crippen molar-refractivity contribution >= 4 is 5.69 Å². The molecule has 1 aliphatic heterocycles. The topological polar surface area (TPSA) is 24.5 Å². The second kappa shape index (κ2) is 6.75. The van der Waals surface area contributed by atoms with Crippen LogP contribution in [0.15, 0.2) is 18.2 Å². The summed E-state index contributed by atoms with van der Waals surface area (Å²) in [5.41, 5.74) is 0.958. The van der Waals surface area contributed by atoms with Gasteiger partial charge < -0.3 is 15.0 Å². The van der Waals surface area contributed by atoms with Crippen LogP contribution in [0.4, 0.5) is 10.1 Å². The molecule has 1 aromatic carbocycles. The normalized spacial score (nSPS) is 18.9. The number of hydrogen-bond donors (Lipinski definition) is 1. The van der Waals surface area contributed by atoms with E-state index in [9.17, 15) is 4.39 Å². The van der Waals surface area contributed by atoms with E-state index in [1.165, 1.54) is 6.42 Å². The zero-order chi connectivity index (χ0) is 13.7. The Hall–Kier alpha value is -1.29. The van der Waals surface area contributed by atoms with Crippen LogP contribution in [0.3, 0.4) is 0 Å². The average Bonchev–Trinajstić information content (AvgIpc) is 2.88. The van der Waals surface area contributed by atoms with Crippen LogP contribution in [0, 0.1) is 11.7 Å². The summed E-state index contributed by atoms with van der Waals surface area (Å²) in [5, 5.41) is 3.38. The summed E-state index contributed by atoms with van der Waals surface area (Å²) in [6.07, 6.45) is 1.17. The summed E-state index contributed by atoms with van der Waals surface area (Å²) in [6.45, 7) is 8.53. The molecule has 1 N–H and O–H groups in total. The van der Waals surface area contributed by atoms with Crippen molar-refractivity contribution in [2.75, 3.05) is 37.7 Å². The summed E-state index contributed by atoms with van der Waals surface area (Å²) in [7, 11) is 0. The van der Waals surface area contributed by atoms with Crippen LogP contribution >= 0.6 is 0 Å². The summed E-state index contributed by atoms with van der Waals surface area (Å²) in [5.74, 6) is 0.735. The first kappa shape index (κ1) is 14.1. The van der Waals surface area contributed by atoms with Crippen molar-refractivity contribution in [1.29, 1.82) is 0 Å². The van der Waals surface area contributed by atoms with E-state index in [4.69, 9.17) is 4.74 Å². The summed E-state index contributed by atoms with van der Waals surface area (Å²) in [6, 6.07) is 5.26. The minimum atomic E-state index is -0.269. The van der Waals surface area contributed by atoms with Gasteiger partial charge in [0.1, 0.15) is 0 Å². The molecule has 0 amide bonds. The number of anilines is 1. The molecule has 0 aromatic heterocycles. The second-order valence-electron chi connectivity index (χ2n) is 4.96. The summed E-state index contributed by atoms with van der Waals surface area (Å²) in [4.78, 5) is 2.25. The van der Waals surface area contributed by atoms with Crippen molar-refractivity contribution in [3.63, 3.8) is 0 Å². The number of rotatable bonds is 6. The van der Waals surface area contributed by atoms with Crippen LogP contribution in [0.2, 0.25) is 0 Å². The van der Waals surface area contributed by atoms with E-state index >= 15 is 0 Å². The Labute approximate surface area is 114 Å². The first-order valence-corrected chi connectivity index (χ1v) is 7.12. The van der Waals surface area contributed by atoms with E-state index in [1.54, 1.807) is 12.1 Å². The standard InChI is InChI=1S/C15H23FN2O/c1-3-17-10-12-7-8-18(11-12)13-5-6-15(19-4-2)14(16)9-13/h5-6,9,12,17H,3-4,7-8,10-11H2,1-2H3. The maximum atomic E-state index is 13.8. The third-order valence-corrected chi connectivity index (χ3v) is 3.55. The molecule has 4 heteroatoms. The average molecular weight is 266 g/mol. The summed E-state index contributed by atoms with van der Waals surface area (Å²) >= 11 is 0. The van der Waals surface area contributed by atoms with Gasteiger partial charge >= 0.3 is 0 Å². The third-order valence-electron chi connectivity index (χ3n) is 3.55. The van der Waals surface area contributed by atoms with E-state index in [0.717, 1.165) is 31.9 Å². The van der Waals surface area contributed by atoms with Crippen LogP contribution in [0.25, 0.3) is 0 Å². The number of benzene rings is 1. The lowest BCUT2D eigenvalue weighted by molar-refractivity contribution is 0.321. The molecule has 0 aliphatic carbocycles. The highest BCUT2D eigenvalue weighted by molar-refractivity contribution is 5.50. The van der Waals surface area contributed by atoms with E-state index in [2.05, 4.69) is 17.1 Å². The molecule has 106 valence electrons. The minimum absolute atomic E-state index is 0.269. The van der Waals surface area contributed by atoms with Crippen LogP contribution < -0.4 is 15.0 Å². The van der Waals surface area contributed by atoms with Crippen molar-refractivity contribution in [3.8, 4) is 5.75 Å². The molecule has 19 heavy (non-hydrogen) atoms. The van der Waals surface area contributed by atoms with Gasteiger partial charge in [-0.05, 0) is 44.5 Å². The minimum Gasteiger partial charge on any atom is -0.491 e. The third kappa shape index (κ3) is 3.60. The van der Waals surface area contributed by atoms with Gasteiger partial charge in [-0.1, -0.05) is 6.92 Å². The molecule has 1 heterocycles. The van der Waals surface area contributed by atoms with Gasteiger partial charge in [0.15, 0.2) is 11.6 Å². The lowest BCUT2D eigenvalue weighted by atomic mass is 10.1. The number of hydrogen-bond acceptors (Lipinski definition) is 3. The molecular formula is C15H23FN2O. The molecule has 1 aromatic rings. The SMILES string of the molecule is CCNCC1CCN(c2ccc(OCC)c(F)c2)C1. The monoisotopic (exact) mass is 266 g/mol. The largest absolute Gasteiger partial charge is 0.491 e. The van der Waals surface area contributed by atoms with Crippen molar-refractivity contribution in [2.45, 2.75) is 20.3 Å². The van der Waals surface area contributed by atoms with Crippen molar-refractivity contribution in [1.82, 2.24) is 5.32 Å². The van der Waals surface area contributed by atoms with Gasteiger partial charge in [0, 0.05) is 24.8 Å². The van der Waals surface area contributed by atoms with Gasteiger partial charge in [-0.25, -0.2) is 4.39 Å². The highest BCUT2D eigenvalue weighted by atomic mass is 19.1. The van der Waals surface area contributed by atoms with Gasteiger partial charge in [0.2, 0.25) is 0 Å². The van der Waals surface area contributed by atoms with Crippen molar-refractivity contribution < 1.29 is 9.13 Å². The van der Waals surface area contributed by atoms with E-state index in [-0.39, 0.29) is 5.82 Å². The van der Waals surface area contributed by atoms with Gasteiger partial charge in [-0.2, -0.15) is 0 Å². The molecule has 0 spiro atoms. The van der Waals surface area contributed by atoms with Gasteiger partial charge in [0.05, 0.1) is 6.61 Å². The summed E-state index contributed by atoms with van der Waals surface area (Å²) < 4.78 is 19.1. The Morgan fingerprint density at radius 1 is 1.42 bits per heavy atom. The molecule has 1 atom stereocenters. The number of ether oxygens (including phenoxy) is 1. The predicted octanol–water partition coefficient (Wildman–Crippen LogP) is 2.66. The highest BCUT2D eigenvalue weighted by Crippen LogP contribution is 2.27. The van der Waals surface area contributed by atoms with Crippen molar-refractivity contribution in [2.24, 2.45) is 5.92 Å². The molecule has 1 unspecified atom stereocenters. The first-order valence-electron chi connectivity index (χ1n) is 7.12. The zero-order valence-corrected chi connectivity index (χ0v) is 11.8. The fourth-order valence-electron chi connectivity index (χ4n) is 2.54. The quantitative estimate of drug-likeness (QED) is 0.856. The molecule has 3 nitrogen and oxygen atoms in total. The molecular weight excluding hydrogens is 243 g/mol. The predicted molar refractivity (Wildman–Crippen MR) is 76.4 cm³/mol. The fourth-order valence-corrected chi connectivity index (χ4v) is 2.54. The number of nitrogens with zero attached hydrogens (tertiary/aromatic N) is 1. The molecule has 1 fully saturated rings. The van der Waals surface area contributed by atoms with E-state index in [1.807, 2.05) is 13.0 Å². The van der Waals surface area contributed by atoms with Crippen molar-refractivity contribution in [3.05, 3.63) is 24.0 Å². The highest BCUT2D eigenvalue weighted by Gasteiger charge is 2.22. The fraction of sp³-hybridized carbons (Fsp3) is 0.600. The van der Waals surface area contributed by atoms with Crippen LogP contribution in [-0.4, -0.2) is 32.8 Å². The Balaban J connectivity index is 1.97. The lowest BCUT2D eigenvalue weighted by Crippen LogP contribution is -2.26. The molecule has 0 saturated carbocycles. The van der Waals surface area contributed by atoms with E-state index < -0.39 is 0 Å². The van der Waals surface area contributed by atoms with Crippen LogP contribution in [-0.2, 0) is 0 Å². The van der Waals surface area contributed by atoms with Gasteiger partial charge in [-0.15, -0.1) is 0 Å². The molecule has 1 saturated heterocycles. The van der Waals surface area contributed by atoms with Gasteiger partial charge in [0.25, 0.3) is 0 Å². The number of nitrogens with one attached hydrogen (secondary N) is 1. The maximum Gasteiger partial charge on any atom is 0.167 e. The van der Waals surface area contributed by atoms with Gasteiger partial charge in [-0.3, -0.25) is 0 Å². The first-order chi connectivity index (χ1) is 9.24. The Kier molecular flexibility index (Phi) is 5.02. The second-order valence-corrected chi connectivity index (χ2v) is 4.96. The van der Waals surface area contributed by atoms with E-state index in [0.29, 0.717) is 18.3 Å². The van der Waals surface area contributed by atoms with Crippen LogP contribution in [0.5, 0.6) is 5.75 Å². The molecule has 0 bridgehead atoms. The molecule has 2 rings (SSSR count). The Bertz CT molecular complexity index is 411. The Morgan fingerprint density at radius 2 is 2.26 bits per heavy atom. The number of halogens is 1. The molecule has 1 aliphatic rings. The lowest BCUT2D eigenvalue weighted by Gasteiger charge is -2.19. The Morgan fingerprint density at radius 3 is 2.95 bits per heavy atom.